The highest BCUT2D eigenvalue weighted by atomic mass is 79.9. The number of benzene rings is 1. The van der Waals surface area contributed by atoms with Crippen molar-refractivity contribution in [3.8, 4) is 0 Å². The van der Waals surface area contributed by atoms with Crippen molar-refractivity contribution in [3.05, 3.63) is 41.5 Å². The van der Waals surface area contributed by atoms with Crippen LogP contribution in [0.1, 0.15) is 15.9 Å². The highest BCUT2D eigenvalue weighted by molar-refractivity contribution is 9.09. The van der Waals surface area contributed by atoms with Crippen molar-refractivity contribution in [2.75, 3.05) is 12.4 Å². The average molecular weight is 255 g/mol. The second-order valence-electron chi connectivity index (χ2n) is 2.67. The second-order valence-corrected chi connectivity index (χ2v) is 3.32. The first-order valence-electron chi connectivity index (χ1n) is 4.19. The molecule has 1 aromatic rings. The van der Waals surface area contributed by atoms with E-state index in [4.69, 9.17) is 0 Å². The number of ether oxygens (including phenoxy) is 1. The van der Waals surface area contributed by atoms with Crippen LogP contribution in [0.4, 0.5) is 0 Å². The fourth-order valence-corrected chi connectivity index (χ4v) is 1.25. The van der Waals surface area contributed by atoms with Crippen molar-refractivity contribution >= 4 is 28.0 Å². The predicted molar refractivity (Wildman–Crippen MR) is 60.6 cm³/mol. The molecule has 0 radical (unpaired) electrons. The van der Waals surface area contributed by atoms with Crippen LogP contribution < -0.4 is 0 Å². The van der Waals surface area contributed by atoms with Crippen LogP contribution in [0.25, 0.3) is 6.08 Å². The Labute approximate surface area is 91.7 Å². The zero-order valence-electron chi connectivity index (χ0n) is 7.87. The smallest absolute Gasteiger partial charge is 0.337 e. The van der Waals surface area contributed by atoms with Gasteiger partial charge in [-0.3, -0.25) is 0 Å². The van der Waals surface area contributed by atoms with Gasteiger partial charge in [0.1, 0.15) is 0 Å². The minimum atomic E-state index is -0.306. The number of allylic oxidation sites excluding steroid dienone is 1. The molecular weight excluding hydrogens is 244 g/mol. The number of esters is 1. The molecule has 3 heteroatoms. The van der Waals surface area contributed by atoms with Crippen molar-refractivity contribution in [2.45, 2.75) is 0 Å². The first-order valence-corrected chi connectivity index (χ1v) is 5.31. The lowest BCUT2D eigenvalue weighted by Crippen LogP contribution is -2.00. The summed E-state index contributed by atoms with van der Waals surface area (Å²) in [5.41, 5.74) is 1.57. The van der Waals surface area contributed by atoms with Crippen LogP contribution in [0.15, 0.2) is 30.3 Å². The molecule has 0 aliphatic carbocycles. The first-order chi connectivity index (χ1) is 6.77. The van der Waals surface area contributed by atoms with E-state index in [2.05, 4.69) is 20.7 Å². The van der Waals surface area contributed by atoms with Crippen molar-refractivity contribution in [3.63, 3.8) is 0 Å². The van der Waals surface area contributed by atoms with Crippen LogP contribution in [0, 0.1) is 0 Å². The quantitative estimate of drug-likeness (QED) is 0.613. The Bertz CT molecular complexity index is 345. The molecule has 0 aliphatic heterocycles. The summed E-state index contributed by atoms with van der Waals surface area (Å²) in [6.45, 7) is 0. The molecule has 0 aromatic heterocycles. The van der Waals surface area contributed by atoms with Gasteiger partial charge >= 0.3 is 5.97 Å². The molecule has 0 saturated carbocycles. The van der Waals surface area contributed by atoms with E-state index in [0.29, 0.717) is 5.56 Å². The number of hydrogen-bond donors (Lipinski definition) is 0. The third-order valence-electron chi connectivity index (χ3n) is 1.71. The Hall–Kier alpha value is -1.09. The number of hydrogen-bond acceptors (Lipinski definition) is 2. The van der Waals surface area contributed by atoms with Gasteiger partial charge in [-0.15, -0.1) is 0 Å². The van der Waals surface area contributed by atoms with Crippen LogP contribution in [0.3, 0.4) is 0 Å². The van der Waals surface area contributed by atoms with Gasteiger partial charge in [-0.1, -0.05) is 40.2 Å². The summed E-state index contributed by atoms with van der Waals surface area (Å²) in [6, 6.07) is 7.30. The maximum absolute atomic E-state index is 11.2. The summed E-state index contributed by atoms with van der Waals surface area (Å²) in [5.74, 6) is -0.306. The lowest BCUT2D eigenvalue weighted by molar-refractivity contribution is 0.0600. The lowest BCUT2D eigenvalue weighted by Gasteiger charge is -1.99. The van der Waals surface area contributed by atoms with E-state index < -0.39 is 0 Å². The maximum Gasteiger partial charge on any atom is 0.337 e. The highest BCUT2D eigenvalue weighted by Gasteiger charge is 2.03. The van der Waals surface area contributed by atoms with Gasteiger partial charge in [0.15, 0.2) is 0 Å². The molecule has 0 unspecified atom stereocenters. The minimum absolute atomic E-state index is 0.306. The van der Waals surface area contributed by atoms with Gasteiger partial charge in [-0.05, 0) is 17.7 Å². The van der Waals surface area contributed by atoms with Crippen LogP contribution in [0.2, 0.25) is 0 Å². The number of carbonyl (C=O) groups is 1. The van der Waals surface area contributed by atoms with Gasteiger partial charge in [0.25, 0.3) is 0 Å². The summed E-state index contributed by atoms with van der Waals surface area (Å²) >= 11 is 3.29. The van der Waals surface area contributed by atoms with E-state index in [-0.39, 0.29) is 5.97 Å². The van der Waals surface area contributed by atoms with E-state index in [0.717, 1.165) is 10.9 Å². The van der Waals surface area contributed by atoms with Gasteiger partial charge in [0.2, 0.25) is 0 Å². The van der Waals surface area contributed by atoms with Crippen molar-refractivity contribution in [1.82, 2.24) is 0 Å². The molecule has 0 bridgehead atoms. The fraction of sp³-hybridized carbons (Fsp3) is 0.182. The number of alkyl halides is 1. The number of methoxy groups -OCH3 is 1. The van der Waals surface area contributed by atoms with E-state index in [1.54, 1.807) is 12.1 Å². The van der Waals surface area contributed by atoms with Gasteiger partial charge in [-0.2, -0.15) is 0 Å². The number of rotatable bonds is 3. The van der Waals surface area contributed by atoms with Crippen LogP contribution >= 0.6 is 15.9 Å². The molecular formula is C11H11BrO2. The molecule has 0 atom stereocenters. The Balaban J connectivity index is 2.89. The van der Waals surface area contributed by atoms with Crippen LogP contribution in [-0.2, 0) is 4.74 Å². The molecule has 2 nitrogen and oxygen atoms in total. The molecule has 74 valence electrons. The summed E-state index contributed by atoms with van der Waals surface area (Å²) in [5, 5.41) is 0.801. The topological polar surface area (TPSA) is 26.3 Å². The maximum atomic E-state index is 11.2. The van der Waals surface area contributed by atoms with Crippen LogP contribution in [0.5, 0.6) is 0 Å². The van der Waals surface area contributed by atoms with Crippen molar-refractivity contribution in [1.29, 1.82) is 0 Å². The molecule has 0 amide bonds. The lowest BCUT2D eigenvalue weighted by atomic mass is 10.1. The number of carbonyl (C=O) groups excluding carboxylic acids is 1. The Morgan fingerprint density at radius 2 is 2.36 bits per heavy atom. The Morgan fingerprint density at radius 3 is 3.00 bits per heavy atom. The summed E-state index contributed by atoms with van der Waals surface area (Å²) in [7, 11) is 1.38. The van der Waals surface area contributed by atoms with Crippen molar-refractivity contribution in [2.24, 2.45) is 0 Å². The average Bonchev–Trinajstić information content (AvgIpc) is 2.25. The largest absolute Gasteiger partial charge is 0.465 e. The second kappa shape index (κ2) is 5.60. The SMILES string of the molecule is COC(=O)c1cccc(C=CCBr)c1. The highest BCUT2D eigenvalue weighted by Crippen LogP contribution is 2.08. The zero-order valence-corrected chi connectivity index (χ0v) is 9.45. The van der Waals surface area contributed by atoms with Crippen LogP contribution in [-0.4, -0.2) is 18.4 Å². The monoisotopic (exact) mass is 254 g/mol. The molecule has 0 heterocycles. The standard InChI is InChI=1S/C11H11BrO2/c1-14-11(13)10-6-2-4-9(8-10)5-3-7-12/h2-6,8H,7H2,1H3. The van der Waals surface area contributed by atoms with E-state index in [1.165, 1.54) is 7.11 Å². The molecule has 0 saturated heterocycles. The van der Waals surface area contributed by atoms with Gasteiger partial charge < -0.3 is 4.74 Å². The third kappa shape index (κ3) is 3.00. The molecule has 14 heavy (non-hydrogen) atoms. The van der Waals surface area contributed by atoms with E-state index >= 15 is 0 Å². The number of halogens is 1. The molecule has 0 aliphatic rings. The molecule has 0 fully saturated rings. The third-order valence-corrected chi connectivity index (χ3v) is 2.08. The molecule has 0 spiro atoms. The molecule has 1 rings (SSSR count). The normalized spacial score (nSPS) is 10.4. The Kier molecular flexibility index (Phi) is 4.40. The zero-order chi connectivity index (χ0) is 10.4. The van der Waals surface area contributed by atoms with Crippen molar-refractivity contribution < 1.29 is 9.53 Å². The molecule has 1 aromatic carbocycles. The summed E-state index contributed by atoms with van der Waals surface area (Å²) < 4.78 is 4.62. The summed E-state index contributed by atoms with van der Waals surface area (Å²) in [6.07, 6.45) is 3.91. The van der Waals surface area contributed by atoms with E-state index in [9.17, 15) is 4.79 Å². The first kappa shape index (κ1) is 11.0. The Morgan fingerprint density at radius 1 is 1.57 bits per heavy atom. The minimum Gasteiger partial charge on any atom is -0.465 e. The fourth-order valence-electron chi connectivity index (χ4n) is 1.07. The predicted octanol–water partition coefficient (Wildman–Crippen LogP) is 2.88. The van der Waals surface area contributed by atoms with Gasteiger partial charge in [0.05, 0.1) is 12.7 Å². The summed E-state index contributed by atoms with van der Waals surface area (Å²) in [4.78, 5) is 11.2. The van der Waals surface area contributed by atoms with Gasteiger partial charge in [0, 0.05) is 5.33 Å². The van der Waals surface area contributed by atoms with E-state index in [1.807, 2.05) is 24.3 Å². The molecule has 0 N–H and O–H groups in total. The van der Waals surface area contributed by atoms with Gasteiger partial charge in [-0.25, -0.2) is 4.79 Å².